The smallest absolute Gasteiger partial charge is 0.259 e. The number of hydrogen-bond acceptors (Lipinski definition) is 2. The quantitative estimate of drug-likeness (QED) is 0.892. The van der Waals surface area contributed by atoms with Gasteiger partial charge >= 0.3 is 0 Å². The third kappa shape index (κ3) is 3.01. The average molecular weight is 348 g/mol. The molecule has 2 unspecified atom stereocenters. The Morgan fingerprint density at radius 2 is 1.85 bits per heavy atom. The van der Waals surface area contributed by atoms with E-state index in [4.69, 9.17) is 0 Å². The van der Waals surface area contributed by atoms with Gasteiger partial charge in [0.25, 0.3) is 5.91 Å². The summed E-state index contributed by atoms with van der Waals surface area (Å²) in [5.74, 6) is -2.54. The molecule has 1 aliphatic rings. The first-order chi connectivity index (χ1) is 9.41. The zero-order valence-electron chi connectivity index (χ0n) is 11.1. The summed E-state index contributed by atoms with van der Waals surface area (Å²) in [6.07, 6.45) is 2.40. The highest BCUT2D eigenvalue weighted by atomic mass is 79.9. The maximum Gasteiger partial charge on any atom is 0.259 e. The van der Waals surface area contributed by atoms with Crippen molar-refractivity contribution < 1.29 is 18.7 Å². The molecule has 0 spiro atoms. The second-order valence-corrected chi connectivity index (χ2v) is 6.00. The van der Waals surface area contributed by atoms with Crippen LogP contribution in [0.15, 0.2) is 16.6 Å². The molecule has 2 rings (SSSR count). The van der Waals surface area contributed by atoms with Gasteiger partial charge in [-0.3, -0.25) is 4.79 Å². The first-order valence-electron chi connectivity index (χ1n) is 6.51. The monoisotopic (exact) mass is 347 g/mol. The van der Waals surface area contributed by atoms with Crippen LogP contribution in [-0.4, -0.2) is 35.1 Å². The molecule has 0 radical (unpaired) electrons. The molecule has 1 aromatic rings. The summed E-state index contributed by atoms with van der Waals surface area (Å²) in [5.41, 5.74) is -0.575. The molecule has 20 heavy (non-hydrogen) atoms. The molecule has 0 heterocycles. The van der Waals surface area contributed by atoms with Gasteiger partial charge in [0.05, 0.1) is 12.1 Å². The first-order valence-corrected chi connectivity index (χ1v) is 7.31. The molecule has 0 saturated heterocycles. The van der Waals surface area contributed by atoms with Crippen LogP contribution in [0.5, 0.6) is 0 Å². The van der Waals surface area contributed by atoms with Crippen molar-refractivity contribution in [1.82, 2.24) is 4.90 Å². The van der Waals surface area contributed by atoms with Crippen molar-refractivity contribution in [3.63, 3.8) is 0 Å². The number of likely N-dealkylation sites (N-methyl/N-ethyl adjacent to an activating group) is 1. The number of aliphatic hydroxyl groups is 1. The minimum absolute atomic E-state index is 0.240. The number of rotatable bonds is 2. The summed E-state index contributed by atoms with van der Waals surface area (Å²) in [7, 11) is 1.47. The second kappa shape index (κ2) is 6.18. The van der Waals surface area contributed by atoms with E-state index < -0.39 is 35.3 Å². The fourth-order valence-corrected chi connectivity index (χ4v) is 3.02. The van der Waals surface area contributed by atoms with Crippen molar-refractivity contribution >= 4 is 21.8 Å². The number of hydrogen-bond donors (Lipinski definition) is 1. The van der Waals surface area contributed by atoms with E-state index in [0.29, 0.717) is 12.8 Å². The van der Waals surface area contributed by atoms with Crippen molar-refractivity contribution in [3.05, 3.63) is 33.8 Å². The highest BCUT2D eigenvalue weighted by Crippen LogP contribution is 2.26. The Kier molecular flexibility index (Phi) is 4.75. The lowest BCUT2D eigenvalue weighted by molar-refractivity contribution is 0.0262. The molecule has 1 N–H and O–H groups in total. The normalized spacial score (nSPS) is 22.6. The number of nitrogens with zero attached hydrogens (tertiary/aromatic N) is 1. The van der Waals surface area contributed by atoms with Crippen LogP contribution in [0.4, 0.5) is 8.78 Å². The molecule has 6 heteroatoms. The van der Waals surface area contributed by atoms with Gasteiger partial charge in [0.15, 0.2) is 0 Å². The maximum atomic E-state index is 13.8. The summed E-state index contributed by atoms with van der Waals surface area (Å²) in [4.78, 5) is 13.5. The van der Waals surface area contributed by atoms with Gasteiger partial charge in [-0.1, -0.05) is 28.8 Å². The SMILES string of the molecule is CN(C(=O)c1c(F)cc(Br)cc1F)C1CCCCC1O. The summed E-state index contributed by atoms with van der Waals surface area (Å²) in [6.45, 7) is 0. The number of amides is 1. The van der Waals surface area contributed by atoms with Gasteiger partial charge in [0, 0.05) is 11.5 Å². The minimum atomic E-state index is -0.904. The average Bonchev–Trinajstić information content (AvgIpc) is 2.37. The maximum absolute atomic E-state index is 13.8. The zero-order valence-corrected chi connectivity index (χ0v) is 12.7. The fourth-order valence-electron chi connectivity index (χ4n) is 2.62. The van der Waals surface area contributed by atoms with Crippen LogP contribution in [0, 0.1) is 11.6 Å². The van der Waals surface area contributed by atoms with Crippen molar-refractivity contribution in [2.45, 2.75) is 37.8 Å². The molecule has 0 bridgehead atoms. The predicted molar refractivity (Wildman–Crippen MR) is 74.4 cm³/mol. The standard InChI is InChI=1S/C14H16BrF2NO2/c1-18(11-4-2-3-5-12(11)19)14(20)13-9(16)6-8(15)7-10(13)17/h6-7,11-12,19H,2-5H2,1H3. The Hall–Kier alpha value is -1.01. The van der Waals surface area contributed by atoms with Crippen LogP contribution in [-0.2, 0) is 0 Å². The Balaban J connectivity index is 2.27. The molecule has 3 nitrogen and oxygen atoms in total. The van der Waals surface area contributed by atoms with E-state index in [1.807, 2.05) is 0 Å². The van der Waals surface area contributed by atoms with Crippen LogP contribution in [0.25, 0.3) is 0 Å². The van der Waals surface area contributed by atoms with Crippen LogP contribution >= 0.6 is 15.9 Å². The Bertz CT molecular complexity index is 501. The predicted octanol–water partition coefficient (Wildman–Crippen LogP) is 3.10. The number of aliphatic hydroxyl groups excluding tert-OH is 1. The van der Waals surface area contributed by atoms with Crippen LogP contribution in [0.2, 0.25) is 0 Å². The van der Waals surface area contributed by atoms with Gasteiger partial charge in [-0.05, 0) is 25.0 Å². The molecule has 110 valence electrons. The highest BCUT2D eigenvalue weighted by Gasteiger charge is 2.32. The lowest BCUT2D eigenvalue weighted by atomic mass is 9.91. The minimum Gasteiger partial charge on any atom is -0.391 e. The topological polar surface area (TPSA) is 40.5 Å². The molecule has 1 saturated carbocycles. The van der Waals surface area contributed by atoms with Gasteiger partial charge in [0.1, 0.15) is 17.2 Å². The van der Waals surface area contributed by atoms with Crippen molar-refractivity contribution in [1.29, 1.82) is 0 Å². The van der Waals surface area contributed by atoms with E-state index in [1.54, 1.807) is 0 Å². The Labute approximate surface area is 124 Å². The third-order valence-electron chi connectivity index (χ3n) is 3.73. The van der Waals surface area contributed by atoms with E-state index in [1.165, 1.54) is 11.9 Å². The molecular formula is C14H16BrF2NO2. The molecule has 2 atom stereocenters. The van der Waals surface area contributed by atoms with E-state index >= 15 is 0 Å². The van der Waals surface area contributed by atoms with E-state index in [0.717, 1.165) is 25.0 Å². The van der Waals surface area contributed by atoms with Crippen LogP contribution in [0.3, 0.4) is 0 Å². The largest absolute Gasteiger partial charge is 0.391 e. The number of carbonyl (C=O) groups excluding carboxylic acids is 1. The lowest BCUT2D eigenvalue weighted by Gasteiger charge is -2.35. The van der Waals surface area contributed by atoms with Gasteiger partial charge in [-0.2, -0.15) is 0 Å². The number of benzene rings is 1. The van der Waals surface area contributed by atoms with E-state index in [-0.39, 0.29) is 4.47 Å². The van der Waals surface area contributed by atoms with Crippen molar-refractivity contribution in [2.24, 2.45) is 0 Å². The van der Waals surface area contributed by atoms with E-state index in [2.05, 4.69) is 15.9 Å². The molecule has 0 aromatic heterocycles. The van der Waals surface area contributed by atoms with Crippen LogP contribution in [0.1, 0.15) is 36.0 Å². The summed E-state index contributed by atoms with van der Waals surface area (Å²) < 4.78 is 27.9. The highest BCUT2D eigenvalue weighted by molar-refractivity contribution is 9.10. The molecular weight excluding hydrogens is 332 g/mol. The summed E-state index contributed by atoms with van der Waals surface area (Å²) >= 11 is 2.97. The molecule has 0 aliphatic heterocycles. The second-order valence-electron chi connectivity index (χ2n) is 5.08. The fraction of sp³-hybridized carbons (Fsp3) is 0.500. The Morgan fingerprint density at radius 1 is 1.30 bits per heavy atom. The molecule has 1 fully saturated rings. The summed E-state index contributed by atoms with van der Waals surface area (Å²) in [6, 6.07) is 1.72. The zero-order chi connectivity index (χ0) is 14.9. The van der Waals surface area contributed by atoms with Crippen LogP contribution < -0.4 is 0 Å². The van der Waals surface area contributed by atoms with Gasteiger partial charge in [0.2, 0.25) is 0 Å². The Morgan fingerprint density at radius 3 is 2.40 bits per heavy atom. The van der Waals surface area contributed by atoms with E-state index in [9.17, 15) is 18.7 Å². The summed E-state index contributed by atoms with van der Waals surface area (Å²) in [5, 5.41) is 9.93. The van der Waals surface area contributed by atoms with Crippen molar-refractivity contribution in [2.75, 3.05) is 7.05 Å². The lowest BCUT2D eigenvalue weighted by Crippen LogP contribution is -2.46. The molecule has 1 aromatic carbocycles. The molecule has 1 amide bonds. The third-order valence-corrected chi connectivity index (χ3v) is 4.19. The number of carbonyl (C=O) groups is 1. The number of halogens is 3. The van der Waals surface area contributed by atoms with Gasteiger partial charge in [-0.15, -0.1) is 0 Å². The molecule has 1 aliphatic carbocycles. The van der Waals surface area contributed by atoms with Gasteiger partial charge < -0.3 is 10.0 Å². The van der Waals surface area contributed by atoms with Gasteiger partial charge in [-0.25, -0.2) is 8.78 Å². The first kappa shape index (κ1) is 15.4. The van der Waals surface area contributed by atoms with Crippen molar-refractivity contribution in [3.8, 4) is 0 Å².